The van der Waals surface area contributed by atoms with E-state index in [1.54, 1.807) is 11.3 Å². The van der Waals surface area contributed by atoms with Crippen LogP contribution in [-0.2, 0) is 6.54 Å². The number of aromatic nitrogens is 2. The molecule has 0 aliphatic heterocycles. The number of nitrogens with zero attached hydrogens (tertiary/aromatic N) is 2. The first-order valence-corrected chi connectivity index (χ1v) is 8.70. The molecule has 1 fully saturated rings. The Hall–Kier alpha value is -0.680. The molecule has 0 amide bonds. The van der Waals surface area contributed by atoms with Crippen LogP contribution < -0.4 is 10.1 Å². The Morgan fingerprint density at radius 2 is 2.10 bits per heavy atom. The zero-order valence-electron chi connectivity index (χ0n) is 12.9. The highest BCUT2D eigenvalue weighted by Crippen LogP contribution is 2.31. The number of hydrogen-bond donors (Lipinski definition) is 1. The minimum atomic E-state index is 0.346. The molecule has 1 aliphatic carbocycles. The molecule has 2 atom stereocenters. The van der Waals surface area contributed by atoms with E-state index >= 15 is 0 Å². The predicted molar refractivity (Wildman–Crippen MR) is 83.1 cm³/mol. The van der Waals surface area contributed by atoms with E-state index in [1.807, 2.05) is 0 Å². The summed E-state index contributed by atoms with van der Waals surface area (Å²) in [5.74, 6) is 1.35. The fraction of sp³-hybridized carbons (Fsp3) is 0.867. The molecule has 2 unspecified atom stereocenters. The summed E-state index contributed by atoms with van der Waals surface area (Å²) in [5, 5.41) is 13.5. The fourth-order valence-electron chi connectivity index (χ4n) is 2.75. The van der Waals surface area contributed by atoms with Crippen LogP contribution in [0.2, 0.25) is 0 Å². The molecule has 1 heterocycles. The van der Waals surface area contributed by atoms with Crippen molar-refractivity contribution in [1.82, 2.24) is 15.5 Å². The highest BCUT2D eigenvalue weighted by atomic mass is 32.1. The quantitative estimate of drug-likeness (QED) is 0.835. The smallest absolute Gasteiger partial charge is 0.294 e. The van der Waals surface area contributed by atoms with Gasteiger partial charge in [-0.1, -0.05) is 43.6 Å². The third-order valence-corrected chi connectivity index (χ3v) is 4.71. The van der Waals surface area contributed by atoms with Gasteiger partial charge < -0.3 is 10.1 Å². The monoisotopic (exact) mass is 297 g/mol. The predicted octanol–water partition coefficient (Wildman–Crippen LogP) is 3.63. The molecule has 0 saturated heterocycles. The second-order valence-electron chi connectivity index (χ2n) is 6.10. The van der Waals surface area contributed by atoms with E-state index in [1.165, 1.54) is 32.1 Å². The third-order valence-electron chi connectivity index (χ3n) is 3.89. The molecule has 5 heteroatoms. The van der Waals surface area contributed by atoms with Gasteiger partial charge >= 0.3 is 0 Å². The zero-order chi connectivity index (χ0) is 14.4. The largest absolute Gasteiger partial charge is 0.465 e. The Kier molecular flexibility index (Phi) is 6.23. The minimum Gasteiger partial charge on any atom is -0.465 e. The first-order chi connectivity index (χ1) is 9.69. The summed E-state index contributed by atoms with van der Waals surface area (Å²) in [6, 6.07) is 0. The molecule has 0 radical (unpaired) electrons. The van der Waals surface area contributed by atoms with Crippen LogP contribution in [0.15, 0.2) is 0 Å². The van der Waals surface area contributed by atoms with Crippen molar-refractivity contribution < 1.29 is 4.74 Å². The first-order valence-electron chi connectivity index (χ1n) is 7.88. The van der Waals surface area contributed by atoms with Gasteiger partial charge in [0.05, 0.1) is 0 Å². The maximum absolute atomic E-state index is 6.08. The van der Waals surface area contributed by atoms with Gasteiger partial charge in [0.25, 0.3) is 5.19 Å². The van der Waals surface area contributed by atoms with Crippen molar-refractivity contribution in [3.05, 3.63) is 5.01 Å². The number of ether oxygens (including phenoxy) is 1. The summed E-state index contributed by atoms with van der Waals surface area (Å²) in [6.07, 6.45) is 6.63. The fourth-order valence-corrected chi connectivity index (χ4v) is 3.46. The molecule has 1 aliphatic rings. The van der Waals surface area contributed by atoms with Gasteiger partial charge in [-0.3, -0.25) is 0 Å². The average Bonchev–Trinajstić information content (AvgIpc) is 2.86. The van der Waals surface area contributed by atoms with Crippen LogP contribution in [0, 0.1) is 11.8 Å². The molecule has 20 heavy (non-hydrogen) atoms. The molecule has 1 N–H and O–H groups in total. The van der Waals surface area contributed by atoms with Crippen molar-refractivity contribution in [2.24, 2.45) is 11.8 Å². The first kappa shape index (κ1) is 15.7. The van der Waals surface area contributed by atoms with Crippen molar-refractivity contribution >= 4 is 11.3 Å². The topological polar surface area (TPSA) is 47.0 Å². The SMILES string of the molecule is CCC1CCCCC1Oc1nnc(CNCC(C)C)s1. The lowest BCUT2D eigenvalue weighted by Crippen LogP contribution is -2.29. The van der Waals surface area contributed by atoms with Crippen LogP contribution in [0.4, 0.5) is 0 Å². The molecule has 1 aromatic rings. The van der Waals surface area contributed by atoms with E-state index in [4.69, 9.17) is 4.74 Å². The van der Waals surface area contributed by atoms with Crippen LogP contribution in [0.5, 0.6) is 5.19 Å². The lowest BCUT2D eigenvalue weighted by molar-refractivity contribution is 0.0893. The zero-order valence-corrected chi connectivity index (χ0v) is 13.7. The second kappa shape index (κ2) is 7.93. The summed E-state index contributed by atoms with van der Waals surface area (Å²) in [7, 11) is 0. The Morgan fingerprint density at radius 3 is 2.85 bits per heavy atom. The summed E-state index contributed by atoms with van der Waals surface area (Å²) in [6.45, 7) is 8.47. The minimum absolute atomic E-state index is 0.346. The van der Waals surface area contributed by atoms with Crippen LogP contribution >= 0.6 is 11.3 Å². The third kappa shape index (κ3) is 4.70. The molecule has 4 nitrogen and oxygen atoms in total. The van der Waals surface area contributed by atoms with Gasteiger partial charge in [0, 0.05) is 6.54 Å². The van der Waals surface area contributed by atoms with E-state index in [0.717, 1.165) is 23.3 Å². The van der Waals surface area contributed by atoms with E-state index in [-0.39, 0.29) is 0 Å². The van der Waals surface area contributed by atoms with Gasteiger partial charge in [0.15, 0.2) is 0 Å². The summed E-state index contributed by atoms with van der Waals surface area (Å²) in [4.78, 5) is 0. The molecule has 114 valence electrons. The lowest BCUT2D eigenvalue weighted by atomic mass is 9.85. The van der Waals surface area contributed by atoms with Crippen LogP contribution in [0.3, 0.4) is 0 Å². The van der Waals surface area contributed by atoms with E-state index in [2.05, 4.69) is 36.3 Å². The van der Waals surface area contributed by atoms with Gasteiger partial charge in [0.1, 0.15) is 11.1 Å². The number of hydrogen-bond acceptors (Lipinski definition) is 5. The second-order valence-corrected chi connectivity index (χ2v) is 7.12. The Morgan fingerprint density at radius 1 is 1.30 bits per heavy atom. The molecule has 0 bridgehead atoms. The van der Waals surface area contributed by atoms with Gasteiger partial charge in [0.2, 0.25) is 0 Å². The number of nitrogens with one attached hydrogen (secondary N) is 1. The normalized spacial score (nSPS) is 23.2. The highest BCUT2D eigenvalue weighted by Gasteiger charge is 2.26. The molecule has 1 saturated carbocycles. The molecule has 2 rings (SSSR count). The average molecular weight is 297 g/mol. The Bertz CT molecular complexity index is 394. The van der Waals surface area contributed by atoms with Gasteiger partial charge in [-0.05, 0) is 44.1 Å². The lowest BCUT2D eigenvalue weighted by Gasteiger charge is -2.29. The van der Waals surface area contributed by atoms with Crippen molar-refractivity contribution in [2.45, 2.75) is 65.5 Å². The van der Waals surface area contributed by atoms with E-state index in [9.17, 15) is 0 Å². The molecular weight excluding hydrogens is 270 g/mol. The summed E-state index contributed by atoms with van der Waals surface area (Å²) < 4.78 is 6.08. The highest BCUT2D eigenvalue weighted by molar-refractivity contribution is 7.13. The Balaban J connectivity index is 1.82. The summed E-state index contributed by atoms with van der Waals surface area (Å²) in [5.41, 5.74) is 0. The van der Waals surface area contributed by atoms with Crippen LogP contribution in [0.1, 0.15) is 57.9 Å². The van der Waals surface area contributed by atoms with Gasteiger partial charge in [-0.15, -0.1) is 5.10 Å². The Labute approximate surface area is 126 Å². The van der Waals surface area contributed by atoms with E-state index in [0.29, 0.717) is 17.9 Å². The maximum Gasteiger partial charge on any atom is 0.294 e. The van der Waals surface area contributed by atoms with Crippen molar-refractivity contribution in [3.63, 3.8) is 0 Å². The molecule has 1 aromatic heterocycles. The maximum atomic E-state index is 6.08. The number of rotatable bonds is 7. The van der Waals surface area contributed by atoms with Crippen LogP contribution in [-0.4, -0.2) is 22.8 Å². The van der Waals surface area contributed by atoms with Gasteiger partial charge in [-0.2, -0.15) is 0 Å². The standard InChI is InChI=1S/C15H27N3OS/c1-4-12-7-5-6-8-13(12)19-15-18-17-14(20-15)10-16-9-11(2)3/h11-13,16H,4-10H2,1-3H3. The van der Waals surface area contributed by atoms with Crippen molar-refractivity contribution in [3.8, 4) is 5.19 Å². The molecule has 0 spiro atoms. The molecular formula is C15H27N3OS. The summed E-state index contributed by atoms with van der Waals surface area (Å²) >= 11 is 1.58. The van der Waals surface area contributed by atoms with Gasteiger partial charge in [-0.25, -0.2) is 0 Å². The van der Waals surface area contributed by atoms with E-state index < -0.39 is 0 Å². The van der Waals surface area contributed by atoms with Crippen molar-refractivity contribution in [1.29, 1.82) is 0 Å². The van der Waals surface area contributed by atoms with Crippen molar-refractivity contribution in [2.75, 3.05) is 6.54 Å². The molecule has 0 aromatic carbocycles. The van der Waals surface area contributed by atoms with Crippen LogP contribution in [0.25, 0.3) is 0 Å².